The number of nitrogens with zero attached hydrogens (tertiary/aromatic N) is 5. The van der Waals surface area contributed by atoms with Gasteiger partial charge in [-0.05, 0) is 79.1 Å². The van der Waals surface area contributed by atoms with E-state index in [4.69, 9.17) is 9.47 Å². The zero-order valence-corrected chi connectivity index (χ0v) is 26.6. The number of nitro groups is 1. The van der Waals surface area contributed by atoms with E-state index >= 15 is 0 Å². The summed E-state index contributed by atoms with van der Waals surface area (Å²) in [5.74, 6) is 1.45. The Morgan fingerprint density at radius 1 is 0.652 bits per heavy atom. The standard InChI is InChI=1S/C36H42N6O4/c1-3-5-7-9-24-45-34-21-10-28(11-22-34)27-37-29-12-14-30(15-13-29)38-40-32-18-23-35(36(26-32)46-25-8-6-4-2)41-39-31-16-19-33(20-17-31)42(43)44/h10-23,26,37H,3-9,24-25,27H2,1-2H3. The molecule has 0 aliphatic heterocycles. The zero-order chi connectivity index (χ0) is 32.4. The van der Waals surface area contributed by atoms with E-state index in [9.17, 15) is 10.1 Å². The minimum absolute atomic E-state index is 0.000357. The summed E-state index contributed by atoms with van der Waals surface area (Å²) in [6, 6.07) is 27.3. The van der Waals surface area contributed by atoms with Crippen molar-refractivity contribution in [1.82, 2.24) is 0 Å². The van der Waals surface area contributed by atoms with Gasteiger partial charge in [0.1, 0.15) is 17.2 Å². The van der Waals surface area contributed by atoms with Crippen LogP contribution in [0.2, 0.25) is 0 Å². The van der Waals surface area contributed by atoms with Crippen molar-refractivity contribution in [3.63, 3.8) is 0 Å². The molecule has 0 saturated heterocycles. The summed E-state index contributed by atoms with van der Waals surface area (Å²) in [5, 5.41) is 31.7. The third kappa shape index (κ3) is 11.4. The molecule has 0 radical (unpaired) electrons. The first-order valence-corrected chi connectivity index (χ1v) is 15.9. The van der Waals surface area contributed by atoms with Crippen LogP contribution in [-0.2, 0) is 6.54 Å². The molecule has 0 aromatic heterocycles. The van der Waals surface area contributed by atoms with E-state index in [0.717, 1.165) is 49.4 Å². The number of nitro benzene ring substituents is 1. The second kappa shape index (κ2) is 18.6. The summed E-state index contributed by atoms with van der Waals surface area (Å²) >= 11 is 0. The Morgan fingerprint density at radius 3 is 1.93 bits per heavy atom. The highest BCUT2D eigenvalue weighted by molar-refractivity contribution is 5.59. The van der Waals surface area contributed by atoms with Crippen LogP contribution in [0.1, 0.15) is 64.4 Å². The number of hydrogen-bond donors (Lipinski definition) is 1. The topological polar surface area (TPSA) is 123 Å². The number of benzene rings is 4. The molecule has 4 aromatic carbocycles. The fraction of sp³-hybridized carbons (Fsp3) is 0.333. The van der Waals surface area contributed by atoms with Crippen LogP contribution in [0.15, 0.2) is 111 Å². The minimum atomic E-state index is -0.449. The van der Waals surface area contributed by atoms with Crippen molar-refractivity contribution in [2.75, 3.05) is 18.5 Å². The molecule has 0 amide bonds. The molecule has 0 fully saturated rings. The second-order valence-electron chi connectivity index (χ2n) is 10.8. The fourth-order valence-corrected chi connectivity index (χ4v) is 4.44. The molecular weight excluding hydrogens is 580 g/mol. The summed E-state index contributed by atoms with van der Waals surface area (Å²) < 4.78 is 11.9. The number of unbranched alkanes of at least 4 members (excludes halogenated alkanes) is 5. The molecule has 1 N–H and O–H groups in total. The molecule has 0 bridgehead atoms. The Labute approximate surface area is 270 Å². The van der Waals surface area contributed by atoms with E-state index in [0.29, 0.717) is 36.0 Å². The lowest BCUT2D eigenvalue weighted by Crippen LogP contribution is -2.00. The maximum atomic E-state index is 10.9. The van der Waals surface area contributed by atoms with Crippen LogP contribution in [0.25, 0.3) is 0 Å². The first kappa shape index (κ1) is 33.8. The van der Waals surface area contributed by atoms with Gasteiger partial charge in [-0.15, -0.1) is 5.11 Å². The highest BCUT2D eigenvalue weighted by Gasteiger charge is 2.07. The lowest BCUT2D eigenvalue weighted by atomic mass is 10.2. The normalized spacial score (nSPS) is 11.3. The summed E-state index contributed by atoms with van der Waals surface area (Å²) in [7, 11) is 0. The van der Waals surface area contributed by atoms with Crippen molar-refractivity contribution in [2.24, 2.45) is 20.5 Å². The van der Waals surface area contributed by atoms with Crippen molar-refractivity contribution < 1.29 is 14.4 Å². The van der Waals surface area contributed by atoms with Gasteiger partial charge >= 0.3 is 0 Å². The van der Waals surface area contributed by atoms with E-state index < -0.39 is 4.92 Å². The van der Waals surface area contributed by atoms with Crippen LogP contribution in [0, 0.1) is 10.1 Å². The van der Waals surface area contributed by atoms with Crippen molar-refractivity contribution >= 4 is 34.1 Å². The highest BCUT2D eigenvalue weighted by Crippen LogP contribution is 2.34. The summed E-state index contributed by atoms with van der Waals surface area (Å²) in [6.45, 7) is 6.35. The Kier molecular flexibility index (Phi) is 13.7. The van der Waals surface area contributed by atoms with Gasteiger partial charge in [0.15, 0.2) is 0 Å². The molecule has 0 unspecified atom stereocenters. The van der Waals surface area contributed by atoms with E-state index in [2.05, 4.69) is 51.8 Å². The molecular formula is C36H42N6O4. The number of nitrogens with one attached hydrogen (secondary N) is 1. The van der Waals surface area contributed by atoms with Crippen LogP contribution in [0.5, 0.6) is 11.5 Å². The van der Waals surface area contributed by atoms with Crippen molar-refractivity contribution in [1.29, 1.82) is 0 Å². The predicted octanol–water partition coefficient (Wildman–Crippen LogP) is 11.6. The van der Waals surface area contributed by atoms with Crippen LogP contribution in [0.3, 0.4) is 0 Å². The molecule has 0 saturated carbocycles. The lowest BCUT2D eigenvalue weighted by Gasteiger charge is -2.09. The third-order valence-electron chi connectivity index (χ3n) is 7.12. The predicted molar refractivity (Wildman–Crippen MR) is 183 cm³/mol. The monoisotopic (exact) mass is 622 g/mol. The van der Waals surface area contributed by atoms with Gasteiger partial charge < -0.3 is 14.8 Å². The molecule has 0 aliphatic carbocycles. The van der Waals surface area contributed by atoms with Crippen molar-refractivity contribution in [3.05, 3.63) is 107 Å². The highest BCUT2D eigenvalue weighted by atomic mass is 16.6. The molecule has 0 atom stereocenters. The van der Waals surface area contributed by atoms with Crippen LogP contribution in [-0.4, -0.2) is 18.1 Å². The Bertz CT molecular complexity index is 1560. The first-order valence-electron chi connectivity index (χ1n) is 15.9. The molecule has 240 valence electrons. The van der Waals surface area contributed by atoms with Crippen molar-refractivity contribution in [2.45, 2.75) is 65.3 Å². The van der Waals surface area contributed by atoms with Gasteiger partial charge in [-0.3, -0.25) is 10.1 Å². The molecule has 10 nitrogen and oxygen atoms in total. The second-order valence-corrected chi connectivity index (χ2v) is 10.8. The van der Waals surface area contributed by atoms with Gasteiger partial charge in [-0.1, -0.05) is 58.1 Å². The van der Waals surface area contributed by atoms with Crippen LogP contribution >= 0.6 is 0 Å². The molecule has 0 aliphatic rings. The van der Waals surface area contributed by atoms with E-state index in [1.165, 1.54) is 37.0 Å². The van der Waals surface area contributed by atoms with Gasteiger partial charge in [0.2, 0.25) is 0 Å². The number of azo groups is 2. The largest absolute Gasteiger partial charge is 0.494 e. The van der Waals surface area contributed by atoms with Gasteiger partial charge in [0, 0.05) is 30.4 Å². The number of hydrogen-bond acceptors (Lipinski definition) is 9. The van der Waals surface area contributed by atoms with Gasteiger partial charge in [-0.25, -0.2) is 0 Å². The average molecular weight is 623 g/mol. The number of non-ortho nitro benzene ring substituents is 1. The SMILES string of the molecule is CCCCCCOc1ccc(CNc2ccc(N=Nc3ccc(N=Nc4ccc([N+](=O)[O-])cc4)c(OCCCCC)c3)cc2)cc1. The van der Waals surface area contributed by atoms with E-state index in [1.807, 2.05) is 36.4 Å². The minimum Gasteiger partial charge on any atom is -0.494 e. The van der Waals surface area contributed by atoms with Gasteiger partial charge in [-0.2, -0.15) is 15.3 Å². The van der Waals surface area contributed by atoms with Crippen LogP contribution in [0.4, 0.5) is 34.1 Å². The smallest absolute Gasteiger partial charge is 0.269 e. The van der Waals surface area contributed by atoms with E-state index in [-0.39, 0.29) is 5.69 Å². The third-order valence-corrected chi connectivity index (χ3v) is 7.12. The van der Waals surface area contributed by atoms with Crippen LogP contribution < -0.4 is 14.8 Å². The average Bonchev–Trinajstić information content (AvgIpc) is 3.09. The quantitative estimate of drug-likeness (QED) is 0.0482. The molecule has 4 rings (SSSR count). The summed E-state index contributed by atoms with van der Waals surface area (Å²) in [5.41, 5.74) is 4.54. The number of anilines is 1. The zero-order valence-electron chi connectivity index (χ0n) is 26.6. The number of rotatable bonds is 19. The van der Waals surface area contributed by atoms with Gasteiger partial charge in [0.25, 0.3) is 5.69 Å². The fourth-order valence-electron chi connectivity index (χ4n) is 4.44. The maximum Gasteiger partial charge on any atom is 0.269 e. The summed E-state index contributed by atoms with van der Waals surface area (Å²) in [4.78, 5) is 10.5. The molecule has 46 heavy (non-hydrogen) atoms. The number of ether oxygens (including phenoxy) is 2. The molecule has 0 spiro atoms. The Morgan fingerprint density at radius 2 is 1.24 bits per heavy atom. The van der Waals surface area contributed by atoms with Gasteiger partial charge in [0.05, 0.1) is 35.2 Å². The molecule has 0 heterocycles. The van der Waals surface area contributed by atoms with Crippen molar-refractivity contribution in [3.8, 4) is 11.5 Å². The first-order chi connectivity index (χ1) is 22.5. The Balaban J connectivity index is 1.33. The molecule has 10 heteroatoms. The maximum absolute atomic E-state index is 10.9. The van der Waals surface area contributed by atoms with E-state index in [1.54, 1.807) is 30.3 Å². The Hall–Kier alpha value is -5.12. The summed E-state index contributed by atoms with van der Waals surface area (Å²) in [6.07, 6.45) is 7.85. The lowest BCUT2D eigenvalue weighted by molar-refractivity contribution is -0.384. The molecule has 4 aromatic rings.